The van der Waals surface area contributed by atoms with Crippen molar-refractivity contribution in [2.24, 2.45) is 0 Å². The number of benzene rings is 1. The molecule has 0 saturated carbocycles. The first-order valence-corrected chi connectivity index (χ1v) is 8.75. The number of hydrogen-bond acceptors (Lipinski definition) is 6. The first-order valence-electron chi connectivity index (χ1n) is 6.41. The number of anilines is 1. The average molecular weight is 504 g/mol. The molecule has 0 spiro atoms. The van der Waals surface area contributed by atoms with Crippen molar-refractivity contribution in [2.75, 3.05) is 32.5 Å². The van der Waals surface area contributed by atoms with E-state index in [0.29, 0.717) is 14.6 Å². The summed E-state index contributed by atoms with van der Waals surface area (Å²) in [6.45, 7) is -0.117. The highest BCUT2D eigenvalue weighted by atomic mass is 79.9. The minimum Gasteiger partial charge on any atom is -0.466 e. The number of esters is 2. The molecule has 0 saturated heterocycles. The topological polar surface area (TPSA) is 65.1 Å². The SMILES string of the molecule is COC(=O)C1=C(C(=O)OC)N(c2c(Br)cc(Br)c(Cl)c2Cl)COC1. The van der Waals surface area contributed by atoms with E-state index in [1.165, 1.54) is 19.1 Å². The van der Waals surface area contributed by atoms with Crippen molar-refractivity contribution in [3.63, 3.8) is 0 Å². The Morgan fingerprint density at radius 1 is 1.12 bits per heavy atom. The van der Waals surface area contributed by atoms with Crippen molar-refractivity contribution in [3.05, 3.63) is 36.3 Å². The molecule has 0 unspecified atom stereocenters. The number of carbonyl (C=O) groups is 2. The Morgan fingerprint density at radius 3 is 2.33 bits per heavy atom. The van der Waals surface area contributed by atoms with E-state index in [9.17, 15) is 9.59 Å². The Morgan fingerprint density at radius 2 is 1.75 bits per heavy atom. The lowest BCUT2D eigenvalue weighted by atomic mass is 10.1. The molecule has 24 heavy (non-hydrogen) atoms. The monoisotopic (exact) mass is 501 g/mol. The van der Waals surface area contributed by atoms with E-state index in [4.69, 9.17) is 37.4 Å². The van der Waals surface area contributed by atoms with Crippen LogP contribution in [0.3, 0.4) is 0 Å². The van der Waals surface area contributed by atoms with E-state index in [0.717, 1.165) is 0 Å². The van der Waals surface area contributed by atoms with Gasteiger partial charge in [0.1, 0.15) is 12.4 Å². The predicted octanol–water partition coefficient (Wildman–Crippen LogP) is 3.91. The zero-order chi connectivity index (χ0) is 18.0. The molecule has 130 valence electrons. The van der Waals surface area contributed by atoms with Crippen molar-refractivity contribution >= 4 is 72.7 Å². The summed E-state index contributed by atoms with van der Waals surface area (Å²) in [5.74, 6) is -1.42. The zero-order valence-electron chi connectivity index (χ0n) is 12.5. The molecule has 1 aromatic carbocycles. The normalized spacial score (nSPS) is 14.7. The Balaban J connectivity index is 2.71. The molecule has 10 heteroatoms. The molecule has 1 aliphatic rings. The minimum absolute atomic E-state index is 0.0170. The molecule has 0 aromatic heterocycles. The fourth-order valence-electron chi connectivity index (χ4n) is 2.12. The Kier molecular flexibility index (Phi) is 6.55. The van der Waals surface area contributed by atoms with Crippen LogP contribution in [0.4, 0.5) is 5.69 Å². The van der Waals surface area contributed by atoms with Gasteiger partial charge < -0.3 is 19.1 Å². The summed E-state index contributed by atoms with van der Waals surface area (Å²) in [7, 11) is 2.42. The number of carbonyl (C=O) groups excluding carboxylic acids is 2. The van der Waals surface area contributed by atoms with Gasteiger partial charge in [-0.25, -0.2) is 9.59 Å². The van der Waals surface area contributed by atoms with Gasteiger partial charge in [0.25, 0.3) is 0 Å². The van der Waals surface area contributed by atoms with Crippen LogP contribution in [-0.4, -0.2) is 39.5 Å². The second-order valence-electron chi connectivity index (χ2n) is 4.53. The molecule has 1 aliphatic heterocycles. The maximum absolute atomic E-state index is 12.3. The van der Waals surface area contributed by atoms with Gasteiger partial charge in [-0.05, 0) is 37.9 Å². The number of hydrogen-bond donors (Lipinski definition) is 0. The maximum Gasteiger partial charge on any atom is 0.355 e. The van der Waals surface area contributed by atoms with Crippen LogP contribution in [-0.2, 0) is 23.8 Å². The number of nitrogens with zero attached hydrogens (tertiary/aromatic N) is 1. The van der Waals surface area contributed by atoms with Gasteiger partial charge in [-0.3, -0.25) is 0 Å². The summed E-state index contributed by atoms with van der Waals surface area (Å²) < 4.78 is 16.0. The second-order valence-corrected chi connectivity index (χ2v) is 7.00. The van der Waals surface area contributed by atoms with Crippen LogP contribution in [0.1, 0.15) is 0 Å². The summed E-state index contributed by atoms with van der Waals surface area (Å²) in [5.41, 5.74) is 0.376. The lowest BCUT2D eigenvalue weighted by Crippen LogP contribution is -2.39. The van der Waals surface area contributed by atoms with Crippen molar-refractivity contribution < 1.29 is 23.8 Å². The first kappa shape index (κ1) is 19.5. The summed E-state index contributed by atoms with van der Waals surface area (Å²) in [6, 6.07) is 1.67. The molecular weight excluding hydrogens is 493 g/mol. The third kappa shape index (κ3) is 3.57. The molecule has 0 N–H and O–H groups in total. The molecule has 1 aromatic rings. The highest BCUT2D eigenvalue weighted by Crippen LogP contribution is 2.45. The largest absolute Gasteiger partial charge is 0.466 e. The van der Waals surface area contributed by atoms with Gasteiger partial charge in [-0.2, -0.15) is 0 Å². The quantitative estimate of drug-likeness (QED) is 0.354. The molecule has 0 fully saturated rings. The Hall–Kier alpha value is -0.800. The van der Waals surface area contributed by atoms with Crippen LogP contribution in [0.25, 0.3) is 0 Å². The van der Waals surface area contributed by atoms with Gasteiger partial charge in [-0.1, -0.05) is 23.2 Å². The van der Waals surface area contributed by atoms with Gasteiger partial charge in [0.2, 0.25) is 0 Å². The van der Waals surface area contributed by atoms with Gasteiger partial charge >= 0.3 is 11.9 Å². The number of ether oxygens (including phenoxy) is 3. The number of methoxy groups -OCH3 is 2. The Labute approximate surface area is 164 Å². The fourth-order valence-corrected chi connectivity index (χ4v) is 4.18. The van der Waals surface area contributed by atoms with Crippen LogP contribution in [0.5, 0.6) is 0 Å². The van der Waals surface area contributed by atoms with E-state index in [2.05, 4.69) is 31.9 Å². The van der Waals surface area contributed by atoms with Crippen molar-refractivity contribution in [3.8, 4) is 0 Å². The zero-order valence-corrected chi connectivity index (χ0v) is 17.2. The molecule has 0 radical (unpaired) electrons. The van der Waals surface area contributed by atoms with E-state index < -0.39 is 11.9 Å². The van der Waals surface area contributed by atoms with Gasteiger partial charge in [0, 0.05) is 8.95 Å². The fraction of sp³-hybridized carbons (Fsp3) is 0.286. The minimum atomic E-state index is -0.722. The predicted molar refractivity (Wildman–Crippen MR) is 96.2 cm³/mol. The van der Waals surface area contributed by atoms with Gasteiger partial charge in [0.15, 0.2) is 0 Å². The lowest BCUT2D eigenvalue weighted by molar-refractivity contribution is -0.140. The third-order valence-corrected chi connectivity index (χ3v) is 5.51. The van der Waals surface area contributed by atoms with Crippen molar-refractivity contribution in [1.29, 1.82) is 0 Å². The standard InChI is InChI=1S/C14H11Br2Cl2NO5/c1-22-13(20)6-4-24-5-19(11(6)14(21)23-2)12-8(16)3-7(15)9(17)10(12)18/h3H,4-5H2,1-2H3. The van der Waals surface area contributed by atoms with E-state index >= 15 is 0 Å². The average Bonchev–Trinajstić information content (AvgIpc) is 2.58. The van der Waals surface area contributed by atoms with Crippen molar-refractivity contribution in [1.82, 2.24) is 0 Å². The number of halogens is 4. The van der Waals surface area contributed by atoms with Crippen molar-refractivity contribution in [2.45, 2.75) is 0 Å². The summed E-state index contributed by atoms with van der Waals surface area (Å²) in [6.07, 6.45) is 0. The molecular formula is C14H11Br2Cl2NO5. The van der Waals surface area contributed by atoms with Crippen LogP contribution in [0, 0.1) is 0 Å². The summed E-state index contributed by atoms with van der Waals surface area (Å²) in [5, 5.41) is 0.429. The first-order chi connectivity index (χ1) is 11.3. The molecule has 6 nitrogen and oxygen atoms in total. The van der Waals surface area contributed by atoms with Crippen LogP contribution in [0.15, 0.2) is 26.3 Å². The van der Waals surface area contributed by atoms with E-state index in [1.807, 2.05) is 0 Å². The molecule has 2 rings (SSSR count). The highest BCUT2D eigenvalue weighted by Gasteiger charge is 2.34. The summed E-state index contributed by atoms with van der Waals surface area (Å²) in [4.78, 5) is 25.7. The summed E-state index contributed by atoms with van der Waals surface area (Å²) >= 11 is 19.2. The second kappa shape index (κ2) is 8.05. The highest BCUT2D eigenvalue weighted by molar-refractivity contribution is 9.11. The molecule has 0 atom stereocenters. The lowest BCUT2D eigenvalue weighted by Gasteiger charge is -2.32. The van der Waals surface area contributed by atoms with Gasteiger partial charge in [-0.15, -0.1) is 0 Å². The van der Waals surface area contributed by atoms with Gasteiger partial charge in [0.05, 0.1) is 42.1 Å². The third-order valence-electron chi connectivity index (χ3n) is 3.19. The van der Waals surface area contributed by atoms with Crippen LogP contribution < -0.4 is 4.90 Å². The van der Waals surface area contributed by atoms with Crippen LogP contribution in [0.2, 0.25) is 10.0 Å². The Bertz CT molecular complexity index is 738. The number of rotatable bonds is 3. The van der Waals surface area contributed by atoms with E-state index in [-0.39, 0.29) is 34.7 Å². The molecule has 0 aliphatic carbocycles. The maximum atomic E-state index is 12.3. The molecule has 0 bridgehead atoms. The molecule has 1 heterocycles. The van der Waals surface area contributed by atoms with E-state index in [1.54, 1.807) is 6.07 Å². The smallest absolute Gasteiger partial charge is 0.355 e. The molecule has 0 amide bonds. The van der Waals surface area contributed by atoms with Crippen LogP contribution >= 0.6 is 55.1 Å².